The molecule has 0 aliphatic carbocycles. The van der Waals surface area contributed by atoms with Crippen LogP contribution in [0.3, 0.4) is 0 Å². The molecule has 4 fully saturated rings. The monoisotopic (exact) mass is 1680 g/mol. The molecule has 39 heteroatoms. The first-order valence-electron chi connectivity index (χ1n) is 36.4. The van der Waals surface area contributed by atoms with Crippen molar-refractivity contribution in [3.8, 4) is 0 Å². The second-order valence-electron chi connectivity index (χ2n) is 32.5. The summed E-state index contributed by atoms with van der Waals surface area (Å²) in [6, 6.07) is 6.74. The van der Waals surface area contributed by atoms with Crippen LogP contribution in [0.1, 0.15) is 184 Å². The van der Waals surface area contributed by atoms with Gasteiger partial charge in [0.1, 0.15) is 70.0 Å². The molecule has 0 bridgehead atoms. The zero-order chi connectivity index (χ0) is 82.5. The Labute approximate surface area is 698 Å². The first-order chi connectivity index (χ1) is 51.9. The van der Waals surface area contributed by atoms with Gasteiger partial charge in [0.2, 0.25) is 0 Å². The molecular formula is C74H101F6KN12O17S3. The molecule has 3 aromatic carbocycles. The van der Waals surface area contributed by atoms with Crippen molar-refractivity contribution >= 4 is 48.3 Å². The zero-order valence-corrected chi connectivity index (χ0v) is 72.0. The number of nitrogens with zero attached hydrogens (tertiary/aromatic N) is 9. The molecule has 3 N–H and O–H groups in total. The van der Waals surface area contributed by atoms with E-state index in [2.05, 4.69) is 41.0 Å². The van der Waals surface area contributed by atoms with Crippen molar-refractivity contribution in [2.75, 3.05) is 51.8 Å². The molecule has 6 aromatic rings. The number of benzene rings is 3. The van der Waals surface area contributed by atoms with Crippen molar-refractivity contribution in [1.29, 1.82) is 0 Å². The second-order valence-corrected chi connectivity index (χ2v) is 38.0. The fourth-order valence-electron chi connectivity index (χ4n) is 13.5. The van der Waals surface area contributed by atoms with Gasteiger partial charge < -0.3 is 54.2 Å². The Kier molecular flexibility index (Phi) is 30.8. The summed E-state index contributed by atoms with van der Waals surface area (Å²) in [5.41, 5.74) is 1.35. The van der Waals surface area contributed by atoms with Crippen LogP contribution in [0.4, 0.5) is 40.7 Å². The van der Waals surface area contributed by atoms with Crippen molar-refractivity contribution in [1.82, 2.24) is 58.2 Å². The van der Waals surface area contributed by atoms with Gasteiger partial charge in [-0.3, -0.25) is 14.7 Å². The number of alkyl carbamates (subject to hydrolysis) is 3. The van der Waals surface area contributed by atoms with E-state index in [0.29, 0.717) is 75.6 Å². The van der Waals surface area contributed by atoms with E-state index in [1.54, 1.807) is 83.1 Å². The Morgan fingerprint density at radius 3 is 1.06 bits per heavy atom. The van der Waals surface area contributed by atoms with Crippen LogP contribution in [-0.2, 0) is 102 Å². The number of carbonyl (C=O) groups is 3. The van der Waals surface area contributed by atoms with Crippen molar-refractivity contribution < 1.29 is 156 Å². The van der Waals surface area contributed by atoms with Crippen LogP contribution in [0.25, 0.3) is 0 Å². The van der Waals surface area contributed by atoms with Gasteiger partial charge in [0.25, 0.3) is 30.1 Å². The molecule has 4 saturated heterocycles. The van der Waals surface area contributed by atoms with Gasteiger partial charge in [0.15, 0.2) is 0 Å². The number of carbonyl (C=O) groups excluding carboxylic acids is 3. The molecule has 113 heavy (non-hydrogen) atoms. The molecule has 620 valence electrons. The van der Waals surface area contributed by atoms with Gasteiger partial charge in [-0.2, -0.15) is 27.6 Å². The van der Waals surface area contributed by atoms with E-state index in [-0.39, 0.29) is 106 Å². The summed E-state index contributed by atoms with van der Waals surface area (Å²) in [5, 5.41) is 30.7. The van der Waals surface area contributed by atoms with E-state index in [1.807, 2.05) is 4.90 Å². The molecular weight excluding hydrogens is 1580 g/mol. The third kappa shape index (κ3) is 26.7. The van der Waals surface area contributed by atoms with E-state index in [0.717, 1.165) is 116 Å². The summed E-state index contributed by atoms with van der Waals surface area (Å²) < 4.78 is 198. The van der Waals surface area contributed by atoms with Crippen LogP contribution >= 0.6 is 0 Å². The van der Waals surface area contributed by atoms with E-state index in [1.165, 1.54) is 31.4 Å². The summed E-state index contributed by atoms with van der Waals surface area (Å²) in [5.74, 6) is -3.72. The minimum atomic E-state index is -3.54. The van der Waals surface area contributed by atoms with Gasteiger partial charge in [0, 0.05) is 116 Å². The fraction of sp³-hybridized carbons (Fsp3) is 0.595. The number of nitrogens with one attached hydrogen (secondary N) is 3. The maximum Gasteiger partial charge on any atom is 1.00 e. The van der Waals surface area contributed by atoms with Crippen molar-refractivity contribution in [3.05, 3.63) is 159 Å². The predicted octanol–water partition coefficient (Wildman–Crippen LogP) is 6.07. The van der Waals surface area contributed by atoms with Gasteiger partial charge >= 0.3 is 69.7 Å². The van der Waals surface area contributed by atoms with Gasteiger partial charge in [-0.15, -0.1) is 5.60 Å². The number of hydrogen-bond donors (Lipinski definition) is 3. The molecule has 3 amide bonds. The molecule has 0 saturated carbocycles. The number of rotatable bonds is 12. The van der Waals surface area contributed by atoms with Gasteiger partial charge in [-0.25, -0.2) is 66.0 Å². The molecule has 0 spiro atoms. The van der Waals surface area contributed by atoms with Crippen LogP contribution in [0.2, 0.25) is 0 Å². The summed E-state index contributed by atoms with van der Waals surface area (Å²) >= 11 is 0. The Bertz CT molecular complexity index is 4440. The number of ether oxygens (including phenoxy) is 7. The minimum Gasteiger partial charge on any atom is -0.850 e. The van der Waals surface area contributed by atoms with Gasteiger partial charge in [-0.05, 0) is 149 Å². The van der Waals surface area contributed by atoms with Crippen LogP contribution in [0.5, 0.6) is 0 Å². The number of amides is 3. The van der Waals surface area contributed by atoms with Gasteiger partial charge in [0.05, 0.1) is 80.0 Å². The quantitative estimate of drug-likeness (QED) is 0.0711. The van der Waals surface area contributed by atoms with Gasteiger partial charge in [-0.1, -0.05) is 20.8 Å². The zero-order valence-electron chi connectivity index (χ0n) is 66.4. The Morgan fingerprint density at radius 1 is 0.478 bits per heavy atom. The normalized spacial score (nSPS) is 22.8. The smallest absolute Gasteiger partial charge is 0.850 e. The summed E-state index contributed by atoms with van der Waals surface area (Å²) in [7, 11) is -10.5. The van der Waals surface area contributed by atoms with E-state index in [9.17, 15) is 71.1 Å². The molecule has 7 aliphatic rings. The summed E-state index contributed by atoms with van der Waals surface area (Å²) in [6.45, 7) is 25.6. The maximum absolute atomic E-state index is 14.6. The summed E-state index contributed by atoms with van der Waals surface area (Å²) in [4.78, 5) is 43.7. The van der Waals surface area contributed by atoms with E-state index >= 15 is 0 Å². The molecule has 3 aromatic heterocycles. The molecule has 7 aliphatic heterocycles. The summed E-state index contributed by atoms with van der Waals surface area (Å²) in [6.07, 6.45) is 6.67. The fourth-order valence-corrected chi connectivity index (χ4v) is 15.4. The van der Waals surface area contributed by atoms with Crippen LogP contribution < -0.4 is 72.4 Å². The molecule has 13 rings (SSSR count). The Hall–Kier alpha value is -6.15. The second kappa shape index (κ2) is 37.6. The average molecular weight is 1680 g/mol. The molecule has 29 nitrogen and oxygen atoms in total. The minimum absolute atomic E-state index is 0. The van der Waals surface area contributed by atoms with Crippen LogP contribution in [-0.4, -0.2) is 196 Å². The Balaban J connectivity index is 0.000000198. The largest absolute Gasteiger partial charge is 1.00 e. The van der Waals surface area contributed by atoms with Crippen molar-refractivity contribution in [3.63, 3.8) is 0 Å². The van der Waals surface area contributed by atoms with Crippen molar-refractivity contribution in [2.45, 2.75) is 231 Å². The van der Waals surface area contributed by atoms with E-state index < -0.39 is 142 Å². The predicted molar refractivity (Wildman–Crippen MR) is 395 cm³/mol. The van der Waals surface area contributed by atoms with Crippen molar-refractivity contribution in [2.24, 2.45) is 0 Å². The molecule has 9 atom stereocenters. The number of fused-ring (bicyclic) bond motifs is 3. The first kappa shape index (κ1) is 92.4. The standard InChI is InChI=1S/3C22H28F2N4O5S.C4H8O.C4H9O.K/c2*1-22(2,3)33-21(29)25-18-8-15(12-32-20(18)16-7-14(23)5-6-17(16)24)27-9-13-10-28(34(4,30)31)26-19(13)11-27;1-22(2,3)33-21(29)26-18-8-15(12-32-20(18)16-7-14(23)5-6-17(16)24)27-10-13-9-25-28(19(13)11-27)34(4,30)31;1-2-4-5-3-1;1-4(2,3)5;/h2*5-7,10,15,18,20H,8-9,11-12H2,1-4H3,(H,25,29);5-7,9,15,18,20H,8,10-12H2,1-4H3,(H,26,29);1-4H2;1-3H3;/q;;;;-1;+1/t3*15-,18+,20?;;;/m111.../s1. The topological polar surface area (TPSA) is 341 Å². The number of hydrogen-bond acceptors (Lipinski definition) is 23. The maximum atomic E-state index is 14.6. The number of halogens is 6. The van der Waals surface area contributed by atoms with Crippen LogP contribution in [0, 0.1) is 34.9 Å². The molecule has 3 unspecified atom stereocenters. The van der Waals surface area contributed by atoms with E-state index in [4.69, 9.17) is 33.2 Å². The number of aromatic nitrogens is 6. The third-order valence-corrected chi connectivity index (χ3v) is 20.8. The molecule has 0 radical (unpaired) electrons. The third-order valence-electron chi connectivity index (χ3n) is 18.2. The SMILES string of the molecule is C1CCOC1.CC(C)(C)OC(=O)N[C@H]1C[C@@H](N2Cc3cn(S(C)(=O)=O)nc3C2)COC1c1cc(F)ccc1F.CC(C)(C)OC(=O)N[C@H]1C[C@@H](N2Cc3cn(S(C)(=O)=O)nc3C2)COC1c1cc(F)ccc1F.CC(C)(C)OC(=O)N[C@H]1C[C@@H](N2Cc3cnn(S(C)(=O)=O)c3C2)COC1c1cc(F)ccc1F.CC(C)(C)[O-].[K+]. The molecule has 10 heterocycles. The first-order valence-corrected chi connectivity index (χ1v) is 42.0. The van der Waals surface area contributed by atoms with Crippen LogP contribution in [0.15, 0.2) is 73.2 Å². The average Bonchev–Trinajstić information content (AvgIpc) is 1.62. The Morgan fingerprint density at radius 2 is 0.788 bits per heavy atom.